The van der Waals surface area contributed by atoms with Crippen LogP contribution in [-0.2, 0) is 19.5 Å². The van der Waals surface area contributed by atoms with Gasteiger partial charge < -0.3 is 12.4 Å². The molecule has 0 amide bonds. The zero-order chi connectivity index (χ0) is 3.98. The number of hydrogen-bond donors (Lipinski definition) is 0. The predicted molar refractivity (Wildman–Crippen MR) is 25.2 cm³/mol. The fourth-order valence-electron chi connectivity index (χ4n) is 0.723. The molecule has 0 aromatic rings. The van der Waals surface area contributed by atoms with E-state index in [-0.39, 0.29) is 31.9 Å². The van der Waals surface area contributed by atoms with Gasteiger partial charge in [0.2, 0.25) is 0 Å². The zero-order valence-electron chi connectivity index (χ0n) is 4.78. The molecule has 2 aliphatic rings. The molecule has 2 heteroatoms. The van der Waals surface area contributed by atoms with E-state index in [0.717, 1.165) is 0 Å². The van der Waals surface area contributed by atoms with E-state index in [1.54, 1.807) is 11.5 Å². The standard InChI is InChI=1S/C6H7.ClH.Zn/c1-2-5(1)6-3-4-6;;/h1H,2-4H2;1H;/p-1. The van der Waals surface area contributed by atoms with Gasteiger partial charge in [0, 0.05) is 25.4 Å². The van der Waals surface area contributed by atoms with Crippen LogP contribution in [0.3, 0.4) is 0 Å². The van der Waals surface area contributed by atoms with Crippen molar-refractivity contribution in [3.8, 4) is 0 Å². The van der Waals surface area contributed by atoms with Crippen molar-refractivity contribution in [2.45, 2.75) is 19.3 Å². The number of allylic oxidation sites excluding steroid dienone is 2. The number of halogens is 1. The van der Waals surface area contributed by atoms with E-state index < -0.39 is 0 Å². The van der Waals surface area contributed by atoms with Crippen molar-refractivity contribution < 1.29 is 31.9 Å². The van der Waals surface area contributed by atoms with Gasteiger partial charge in [-0.3, -0.25) is 0 Å². The van der Waals surface area contributed by atoms with Gasteiger partial charge in [-0.05, 0) is 19.3 Å². The second-order valence-corrected chi connectivity index (χ2v) is 2.04. The summed E-state index contributed by atoms with van der Waals surface area (Å²) in [4.78, 5) is 0. The van der Waals surface area contributed by atoms with Crippen LogP contribution in [0.1, 0.15) is 19.3 Å². The van der Waals surface area contributed by atoms with Gasteiger partial charge in [0.15, 0.2) is 0 Å². The molecule has 2 rings (SSSR count). The molecule has 1 fully saturated rings. The smallest absolute Gasteiger partial charge is 0.000944 e. The maximum atomic E-state index is 2.31. The summed E-state index contributed by atoms with van der Waals surface area (Å²) >= 11 is 0. The number of hydrogen-bond acceptors (Lipinski definition) is 0. The van der Waals surface area contributed by atoms with Gasteiger partial charge in [0.05, 0.1) is 0 Å². The van der Waals surface area contributed by atoms with Crippen molar-refractivity contribution in [1.29, 1.82) is 0 Å². The second-order valence-electron chi connectivity index (χ2n) is 2.04. The Morgan fingerprint density at radius 1 is 1.25 bits per heavy atom. The molecule has 0 aromatic carbocycles. The van der Waals surface area contributed by atoms with E-state index in [4.69, 9.17) is 0 Å². The van der Waals surface area contributed by atoms with Crippen LogP contribution in [0.4, 0.5) is 0 Å². The molecule has 1 radical (unpaired) electrons. The minimum absolute atomic E-state index is 0. The maximum absolute atomic E-state index is 2.31. The fourth-order valence-corrected chi connectivity index (χ4v) is 0.723. The van der Waals surface area contributed by atoms with Crippen LogP contribution in [-0.4, -0.2) is 0 Å². The Morgan fingerprint density at radius 3 is 1.88 bits per heavy atom. The molecule has 8 heavy (non-hydrogen) atoms. The Bertz CT molecular complexity index is 105. The summed E-state index contributed by atoms with van der Waals surface area (Å²) in [5.74, 6) is 1.73. The summed E-state index contributed by atoms with van der Waals surface area (Å²) in [6.07, 6.45) is 6.44. The Hall–Kier alpha value is 0.653. The van der Waals surface area contributed by atoms with Crippen LogP contribution in [0.5, 0.6) is 0 Å². The summed E-state index contributed by atoms with van der Waals surface area (Å²) in [6, 6.07) is 0. The summed E-state index contributed by atoms with van der Waals surface area (Å²) < 4.78 is 0. The van der Waals surface area contributed by atoms with Crippen molar-refractivity contribution in [3.05, 3.63) is 17.6 Å². The van der Waals surface area contributed by atoms with Crippen LogP contribution in [0.25, 0.3) is 0 Å². The largest absolute Gasteiger partial charge is 1.00 e. The molecule has 0 aromatic heterocycles. The minimum atomic E-state index is 0. The van der Waals surface area contributed by atoms with Crippen molar-refractivity contribution in [3.63, 3.8) is 0 Å². The van der Waals surface area contributed by atoms with Gasteiger partial charge in [-0.25, -0.2) is 0 Å². The first-order valence-corrected chi connectivity index (χ1v) is 2.51. The van der Waals surface area contributed by atoms with Crippen LogP contribution >= 0.6 is 0 Å². The van der Waals surface area contributed by atoms with Crippen molar-refractivity contribution in [1.82, 2.24) is 0 Å². The molecule has 0 nitrogen and oxygen atoms in total. The molecule has 0 bridgehead atoms. The Morgan fingerprint density at radius 2 is 1.75 bits per heavy atom. The van der Waals surface area contributed by atoms with Crippen molar-refractivity contribution >= 4 is 0 Å². The first-order chi connectivity index (χ1) is 2.97. The van der Waals surface area contributed by atoms with E-state index >= 15 is 0 Å². The van der Waals surface area contributed by atoms with Crippen LogP contribution in [0.15, 0.2) is 11.6 Å². The normalized spacial score (nSPS) is 22.2. The summed E-state index contributed by atoms with van der Waals surface area (Å²) in [7, 11) is 0. The SMILES string of the molecule is C1=C([C]2CC2)C1.[Cl-].[Zn]. The molecule has 0 spiro atoms. The molecule has 0 atom stereocenters. The third kappa shape index (κ3) is 1.87. The van der Waals surface area contributed by atoms with Gasteiger partial charge in [-0.2, -0.15) is 0 Å². The third-order valence-corrected chi connectivity index (χ3v) is 1.36. The third-order valence-electron chi connectivity index (χ3n) is 1.36. The van der Waals surface area contributed by atoms with E-state index in [1.807, 2.05) is 0 Å². The second kappa shape index (κ2) is 2.99. The first kappa shape index (κ1) is 8.65. The van der Waals surface area contributed by atoms with Crippen molar-refractivity contribution in [2.75, 3.05) is 0 Å². The van der Waals surface area contributed by atoms with Gasteiger partial charge in [-0.15, -0.1) is 0 Å². The molecular weight excluding hydrogens is 173 g/mol. The zero-order valence-corrected chi connectivity index (χ0v) is 8.51. The summed E-state index contributed by atoms with van der Waals surface area (Å²) in [5.41, 5.74) is 1.66. The molecule has 0 unspecified atom stereocenters. The average molecular weight is 180 g/mol. The monoisotopic (exact) mass is 178 g/mol. The van der Waals surface area contributed by atoms with Gasteiger partial charge in [-0.1, -0.05) is 11.6 Å². The van der Waals surface area contributed by atoms with E-state index in [2.05, 4.69) is 6.08 Å². The van der Waals surface area contributed by atoms with Gasteiger partial charge in [0.25, 0.3) is 0 Å². The first-order valence-electron chi connectivity index (χ1n) is 2.51. The van der Waals surface area contributed by atoms with Crippen LogP contribution in [0, 0.1) is 5.92 Å². The predicted octanol–water partition coefficient (Wildman–Crippen LogP) is -1.31. The maximum Gasteiger partial charge on any atom is 0.000944 e. The van der Waals surface area contributed by atoms with E-state index in [9.17, 15) is 0 Å². The molecule has 0 aliphatic heterocycles. The van der Waals surface area contributed by atoms with Crippen molar-refractivity contribution in [2.24, 2.45) is 0 Å². The number of rotatable bonds is 1. The summed E-state index contributed by atoms with van der Waals surface area (Å²) in [5, 5.41) is 0. The Kier molecular flexibility index (Phi) is 3.23. The summed E-state index contributed by atoms with van der Waals surface area (Å²) in [6.45, 7) is 0. The van der Waals surface area contributed by atoms with Crippen LogP contribution < -0.4 is 12.4 Å². The molecule has 0 N–H and O–H groups in total. The minimum Gasteiger partial charge on any atom is -1.00 e. The Labute approximate surface area is 68.9 Å². The van der Waals surface area contributed by atoms with Gasteiger partial charge in [0.1, 0.15) is 0 Å². The molecule has 1 saturated carbocycles. The molecular formula is C6H7ClZn-. The Balaban J connectivity index is 0.000000245. The molecule has 0 heterocycles. The molecule has 0 saturated heterocycles. The quantitative estimate of drug-likeness (QED) is 0.439. The molecule has 2 aliphatic carbocycles. The average Bonchev–Trinajstić information content (AvgIpc) is 2.26. The van der Waals surface area contributed by atoms with E-state index in [0.29, 0.717) is 0 Å². The van der Waals surface area contributed by atoms with Crippen LogP contribution in [0.2, 0.25) is 0 Å². The molecule has 41 valence electrons. The fraction of sp³-hybridized carbons (Fsp3) is 0.500. The topological polar surface area (TPSA) is 0 Å². The van der Waals surface area contributed by atoms with E-state index in [1.165, 1.54) is 19.3 Å². The van der Waals surface area contributed by atoms with Gasteiger partial charge >= 0.3 is 0 Å².